The molecule has 15 heteroatoms. The van der Waals surface area contributed by atoms with Gasteiger partial charge in [0.05, 0.1) is 62.5 Å². The normalized spacial score (nSPS) is 12.0. The number of aryl methyl sites for hydroxylation is 1. The van der Waals surface area contributed by atoms with Crippen LogP contribution in [0.4, 0.5) is 39.5 Å². The highest BCUT2D eigenvalue weighted by Crippen LogP contribution is 2.32. The first-order valence-electron chi connectivity index (χ1n) is 17.3. The summed E-state index contributed by atoms with van der Waals surface area (Å²) in [5, 5.41) is -1.96. The van der Waals surface area contributed by atoms with E-state index in [-0.39, 0.29) is 23.2 Å². The van der Waals surface area contributed by atoms with Crippen molar-refractivity contribution < 1.29 is 39.5 Å². The largest absolute Gasteiger partial charge is 0.416 e. The maximum atomic E-state index is 14.4. The maximum Gasteiger partial charge on any atom is 0.416 e. The van der Waals surface area contributed by atoms with E-state index in [9.17, 15) is 58.7 Å². The van der Waals surface area contributed by atoms with Gasteiger partial charge in [0.1, 0.15) is 0 Å². The maximum absolute atomic E-state index is 14.4. The molecule has 7 rings (SSSR count). The zero-order chi connectivity index (χ0) is 42.6. The molecule has 0 radical (unpaired) electrons. The fraction of sp³-hybridized carbons (Fsp3) is 0.136. The second-order valence-electron chi connectivity index (χ2n) is 13.5. The summed E-state index contributed by atoms with van der Waals surface area (Å²) in [5.41, 5.74) is -6.56. The molecule has 296 valence electrons. The first-order chi connectivity index (χ1) is 27.7. The van der Waals surface area contributed by atoms with Gasteiger partial charge in [0, 0.05) is 11.1 Å². The zero-order valence-electron chi connectivity index (χ0n) is 30.1. The van der Waals surface area contributed by atoms with Gasteiger partial charge in [0.2, 0.25) is 0 Å². The molecular weight excluding hydrogens is 791 g/mol. The molecule has 0 amide bonds. The van der Waals surface area contributed by atoms with Crippen molar-refractivity contribution in [2.24, 2.45) is 0 Å². The van der Waals surface area contributed by atoms with E-state index in [1.807, 2.05) is 6.92 Å². The molecule has 0 atom stereocenters. The van der Waals surface area contributed by atoms with E-state index in [1.165, 1.54) is 0 Å². The van der Waals surface area contributed by atoms with Crippen molar-refractivity contribution in [3.8, 4) is 23.7 Å². The summed E-state index contributed by atoms with van der Waals surface area (Å²) in [6, 6.07) is 17.4. The third kappa shape index (κ3) is 7.79. The summed E-state index contributed by atoms with van der Waals surface area (Å²) in [6.45, 7) is 0.927. The van der Waals surface area contributed by atoms with Crippen LogP contribution in [0.15, 0.2) is 116 Å². The Morgan fingerprint density at radius 3 is 0.966 bits per heavy atom. The van der Waals surface area contributed by atoms with Gasteiger partial charge in [-0.3, -0.25) is 28.3 Å². The average molecular weight is 815 g/mol. The fourth-order valence-corrected chi connectivity index (χ4v) is 6.48. The molecule has 0 saturated heterocycles. The predicted octanol–water partition coefficient (Wildman–Crippen LogP) is 8.17. The van der Waals surface area contributed by atoms with E-state index in [0.717, 1.165) is 82.9 Å². The van der Waals surface area contributed by atoms with E-state index in [4.69, 9.17) is 0 Å². The molecule has 2 aromatic heterocycles. The number of benzene rings is 5. The molecule has 5 aromatic carbocycles. The summed E-state index contributed by atoms with van der Waals surface area (Å²) >= 11 is 0. The van der Waals surface area contributed by atoms with E-state index >= 15 is 0 Å². The molecule has 2 heterocycles. The molecule has 59 heavy (non-hydrogen) atoms. The summed E-state index contributed by atoms with van der Waals surface area (Å²) in [5.74, 6) is 10.5. The van der Waals surface area contributed by atoms with Gasteiger partial charge in [-0.05, 0) is 78.7 Å². The Balaban J connectivity index is 1.54. The molecule has 0 saturated carbocycles. The molecule has 0 aliphatic carbocycles. The van der Waals surface area contributed by atoms with Crippen LogP contribution < -0.4 is 22.2 Å². The summed E-state index contributed by atoms with van der Waals surface area (Å²) in [4.78, 5) is 57.4. The SMILES string of the molecule is Cc1ccc(Cn2c(=O)c3c(C#Cc4ccc(C(F)(F)F)cc4)c4c(=O)n(Cc5ccc(C(F)(F)F)cc5)c(=O)c4c(C#Cc4ccc(C(F)(F)F)cc4)c3c2=O)cc1. The van der Waals surface area contributed by atoms with Crippen LogP contribution in [-0.4, -0.2) is 9.13 Å². The minimum atomic E-state index is -4.69. The topological polar surface area (TPSA) is 78.1 Å². The molecule has 0 bridgehead atoms. The van der Waals surface area contributed by atoms with Gasteiger partial charge in [-0.1, -0.05) is 65.6 Å². The van der Waals surface area contributed by atoms with Gasteiger partial charge in [-0.2, -0.15) is 39.5 Å². The lowest BCUT2D eigenvalue weighted by Crippen LogP contribution is -2.27. The lowest BCUT2D eigenvalue weighted by molar-refractivity contribution is -0.138. The Kier molecular flexibility index (Phi) is 9.96. The van der Waals surface area contributed by atoms with Gasteiger partial charge in [0.25, 0.3) is 22.2 Å². The second-order valence-corrected chi connectivity index (χ2v) is 13.5. The van der Waals surface area contributed by atoms with Crippen molar-refractivity contribution in [2.75, 3.05) is 0 Å². The van der Waals surface area contributed by atoms with Crippen molar-refractivity contribution >= 4 is 21.5 Å². The highest BCUT2D eigenvalue weighted by atomic mass is 19.4. The van der Waals surface area contributed by atoms with E-state index < -0.39 is 96.7 Å². The molecule has 7 aromatic rings. The molecule has 6 nitrogen and oxygen atoms in total. The van der Waals surface area contributed by atoms with Crippen molar-refractivity contribution in [1.82, 2.24) is 9.13 Å². The third-order valence-corrected chi connectivity index (χ3v) is 9.51. The van der Waals surface area contributed by atoms with Crippen LogP contribution in [0.5, 0.6) is 0 Å². The molecule has 0 N–H and O–H groups in total. The van der Waals surface area contributed by atoms with E-state index in [2.05, 4.69) is 23.7 Å². The number of aromatic nitrogens is 2. The number of rotatable bonds is 4. The van der Waals surface area contributed by atoms with Crippen molar-refractivity contribution in [2.45, 2.75) is 38.5 Å². The van der Waals surface area contributed by atoms with Crippen LogP contribution >= 0.6 is 0 Å². The number of nitrogens with zero attached hydrogens (tertiary/aromatic N) is 2. The number of hydrogen-bond donors (Lipinski definition) is 0. The first kappa shape index (κ1) is 40.1. The monoisotopic (exact) mass is 814 g/mol. The Hall–Kier alpha value is -7.13. The molecular formula is C44H23F9N2O4. The van der Waals surface area contributed by atoms with E-state index in [1.54, 1.807) is 24.3 Å². The minimum absolute atomic E-state index is 0.0154. The smallest absolute Gasteiger partial charge is 0.270 e. The van der Waals surface area contributed by atoms with Crippen molar-refractivity contribution in [1.29, 1.82) is 0 Å². The molecule has 0 aliphatic heterocycles. The van der Waals surface area contributed by atoms with Gasteiger partial charge in [-0.15, -0.1) is 0 Å². The van der Waals surface area contributed by atoms with Gasteiger partial charge >= 0.3 is 18.5 Å². The lowest BCUT2D eigenvalue weighted by Gasteiger charge is -2.07. The second kappa shape index (κ2) is 14.7. The summed E-state index contributed by atoms with van der Waals surface area (Å²) < 4.78 is 121. The van der Waals surface area contributed by atoms with Gasteiger partial charge < -0.3 is 0 Å². The van der Waals surface area contributed by atoms with Crippen LogP contribution in [0, 0.1) is 30.6 Å². The number of fused-ring (bicyclic) bond motifs is 2. The van der Waals surface area contributed by atoms with Gasteiger partial charge in [0.15, 0.2) is 0 Å². The third-order valence-electron chi connectivity index (χ3n) is 9.51. The van der Waals surface area contributed by atoms with Crippen molar-refractivity contribution in [3.63, 3.8) is 0 Å². The number of alkyl halides is 9. The molecule has 0 aliphatic rings. The standard InChI is InChI=1S/C44H23F9N2O4/c1-24-2-4-27(5-3-24)22-54-38(56)34-32(20-12-25-6-14-29(15-7-25)42(45,46)47)36-37(41(59)55(40(36)58)23-28-10-18-31(19-11-28)44(51,52)53)33(35(34)39(54)57)21-13-26-8-16-30(17-9-26)43(48,49)50/h2-11,14-19H,22-23H2,1H3. The first-order valence-corrected chi connectivity index (χ1v) is 17.3. The summed E-state index contributed by atoms with van der Waals surface area (Å²) in [7, 11) is 0. The highest BCUT2D eigenvalue weighted by Gasteiger charge is 2.32. The highest BCUT2D eigenvalue weighted by molar-refractivity contribution is 6.09. The fourth-order valence-electron chi connectivity index (χ4n) is 6.48. The summed E-state index contributed by atoms with van der Waals surface area (Å²) in [6.07, 6.45) is -14.0. The average Bonchev–Trinajstić information content (AvgIpc) is 3.57. The lowest BCUT2D eigenvalue weighted by atomic mass is 9.96. The van der Waals surface area contributed by atoms with Crippen LogP contribution in [0.2, 0.25) is 0 Å². The molecule has 0 fully saturated rings. The predicted molar refractivity (Wildman–Crippen MR) is 201 cm³/mol. The molecule has 0 unspecified atom stereocenters. The quantitative estimate of drug-likeness (QED) is 0.133. The van der Waals surface area contributed by atoms with Crippen LogP contribution in [0.1, 0.15) is 55.6 Å². The Labute approximate surface area is 326 Å². The Morgan fingerprint density at radius 2 is 0.678 bits per heavy atom. The van der Waals surface area contributed by atoms with Crippen LogP contribution in [0.3, 0.4) is 0 Å². The van der Waals surface area contributed by atoms with Crippen molar-refractivity contribution in [3.05, 3.63) is 194 Å². The zero-order valence-corrected chi connectivity index (χ0v) is 30.1. The number of halogens is 9. The van der Waals surface area contributed by atoms with E-state index in [0.29, 0.717) is 10.1 Å². The van der Waals surface area contributed by atoms with Crippen LogP contribution in [0.25, 0.3) is 21.5 Å². The molecule has 0 spiro atoms. The number of hydrogen-bond acceptors (Lipinski definition) is 4. The van der Waals surface area contributed by atoms with Gasteiger partial charge in [-0.25, -0.2) is 0 Å². The Bertz CT molecular complexity index is 2970. The van der Waals surface area contributed by atoms with Crippen LogP contribution in [-0.2, 0) is 31.6 Å². The minimum Gasteiger partial charge on any atom is -0.270 e. The Morgan fingerprint density at radius 1 is 0.407 bits per heavy atom.